The number of halogens is 2. The number of amides is 1. The fourth-order valence-electron chi connectivity index (χ4n) is 3.30. The van der Waals surface area contributed by atoms with E-state index in [1.165, 1.54) is 0 Å². The molecule has 0 spiro atoms. The Bertz CT molecular complexity index is 814. The van der Waals surface area contributed by atoms with E-state index in [1.54, 1.807) is 0 Å². The Balaban J connectivity index is 1.97. The van der Waals surface area contributed by atoms with Crippen molar-refractivity contribution in [2.45, 2.75) is 39.0 Å². The van der Waals surface area contributed by atoms with Gasteiger partial charge in [0.15, 0.2) is 5.78 Å². The van der Waals surface area contributed by atoms with E-state index in [9.17, 15) is 18.4 Å². The third-order valence-electron chi connectivity index (χ3n) is 4.40. The van der Waals surface area contributed by atoms with Gasteiger partial charge < -0.3 is 15.0 Å². The predicted molar refractivity (Wildman–Crippen MR) is 89.5 cm³/mol. The number of Topliss-reactive ketones (excluding diaryl/α,β-unsaturated/α-hetero) is 1. The second kappa shape index (κ2) is 7.21. The summed E-state index contributed by atoms with van der Waals surface area (Å²) in [7, 11) is 0. The average molecular weight is 350 g/mol. The Kier molecular flexibility index (Phi) is 5.01. The average Bonchev–Trinajstić information content (AvgIpc) is 3.18. The van der Waals surface area contributed by atoms with Crippen molar-refractivity contribution in [1.82, 2.24) is 10.3 Å². The topological polar surface area (TPSA) is 71.2 Å². The number of benzene rings is 1. The number of H-pyrrole nitrogens is 1. The van der Waals surface area contributed by atoms with E-state index >= 15 is 0 Å². The van der Waals surface area contributed by atoms with E-state index in [4.69, 9.17) is 4.74 Å². The zero-order chi connectivity index (χ0) is 18.0. The van der Waals surface area contributed by atoms with Crippen LogP contribution in [-0.2, 0) is 17.6 Å². The van der Waals surface area contributed by atoms with Gasteiger partial charge in [-0.2, -0.15) is 0 Å². The van der Waals surface area contributed by atoms with Gasteiger partial charge >= 0.3 is 0 Å². The largest absolute Gasteiger partial charge is 0.493 e. The molecule has 2 heterocycles. The van der Waals surface area contributed by atoms with E-state index in [0.717, 1.165) is 34.2 Å². The molecule has 25 heavy (non-hydrogen) atoms. The van der Waals surface area contributed by atoms with E-state index in [0.29, 0.717) is 25.3 Å². The molecule has 134 valence electrons. The van der Waals surface area contributed by atoms with Crippen LogP contribution in [0.3, 0.4) is 0 Å². The minimum atomic E-state index is -2.94. The standard InChI is InChI=1S/C18H20F2N2O3/c1-2-21-18(24)16-11(4-3-5-13(23)17(19)20)15-10-8-9-25-14(10)7-6-12(15)22-16/h6-7,17,22H,2-5,8-9H2,1H3,(H,21,24). The second-order valence-electron chi connectivity index (χ2n) is 6.02. The molecule has 0 unspecified atom stereocenters. The van der Waals surface area contributed by atoms with E-state index in [-0.39, 0.29) is 18.7 Å². The summed E-state index contributed by atoms with van der Waals surface area (Å²) in [4.78, 5) is 26.7. The van der Waals surface area contributed by atoms with Gasteiger partial charge in [0.2, 0.25) is 0 Å². The third kappa shape index (κ3) is 3.36. The lowest BCUT2D eigenvalue weighted by Gasteiger charge is -2.07. The number of carbonyl (C=O) groups is 2. The van der Waals surface area contributed by atoms with Gasteiger partial charge in [0.05, 0.1) is 6.61 Å². The fraction of sp³-hybridized carbons (Fsp3) is 0.444. The van der Waals surface area contributed by atoms with Crippen LogP contribution >= 0.6 is 0 Å². The quantitative estimate of drug-likeness (QED) is 0.806. The molecular weight excluding hydrogens is 330 g/mol. The van der Waals surface area contributed by atoms with Gasteiger partial charge in [-0.1, -0.05) is 0 Å². The van der Waals surface area contributed by atoms with Crippen molar-refractivity contribution < 1.29 is 23.1 Å². The molecule has 0 saturated carbocycles. The lowest BCUT2D eigenvalue weighted by Crippen LogP contribution is -2.24. The monoisotopic (exact) mass is 350 g/mol. The molecule has 1 amide bonds. The molecule has 5 nitrogen and oxygen atoms in total. The van der Waals surface area contributed by atoms with Crippen LogP contribution in [-0.4, -0.2) is 36.3 Å². The van der Waals surface area contributed by atoms with Crippen LogP contribution in [0.5, 0.6) is 5.75 Å². The summed E-state index contributed by atoms with van der Waals surface area (Å²) >= 11 is 0. The number of ketones is 1. The molecule has 1 aromatic carbocycles. The van der Waals surface area contributed by atoms with Crippen LogP contribution in [0.25, 0.3) is 10.9 Å². The molecule has 3 rings (SSSR count). The third-order valence-corrected chi connectivity index (χ3v) is 4.40. The molecule has 2 aromatic rings. The molecule has 0 bridgehead atoms. The zero-order valence-corrected chi connectivity index (χ0v) is 14.0. The van der Waals surface area contributed by atoms with Crippen LogP contribution in [0, 0.1) is 0 Å². The number of aryl methyl sites for hydroxylation is 1. The molecule has 2 N–H and O–H groups in total. The van der Waals surface area contributed by atoms with Crippen LogP contribution < -0.4 is 10.1 Å². The Hall–Kier alpha value is -2.44. The smallest absolute Gasteiger partial charge is 0.295 e. The summed E-state index contributed by atoms with van der Waals surface area (Å²) in [6.45, 7) is 2.89. The number of fused-ring (bicyclic) bond motifs is 3. The summed E-state index contributed by atoms with van der Waals surface area (Å²) in [5.41, 5.74) is 3.05. The number of rotatable bonds is 7. The first-order chi connectivity index (χ1) is 12.0. The highest BCUT2D eigenvalue weighted by molar-refractivity contribution is 6.02. The molecule has 0 saturated heterocycles. The van der Waals surface area contributed by atoms with Gasteiger partial charge in [0.25, 0.3) is 12.3 Å². The number of nitrogens with one attached hydrogen (secondary N) is 2. The zero-order valence-electron chi connectivity index (χ0n) is 14.0. The lowest BCUT2D eigenvalue weighted by molar-refractivity contribution is -0.129. The number of aromatic nitrogens is 1. The Morgan fingerprint density at radius 2 is 2.16 bits per heavy atom. The van der Waals surface area contributed by atoms with Crippen LogP contribution in [0.4, 0.5) is 8.78 Å². The van der Waals surface area contributed by atoms with Gasteiger partial charge in [-0.25, -0.2) is 8.78 Å². The van der Waals surface area contributed by atoms with Crippen molar-refractivity contribution in [3.63, 3.8) is 0 Å². The van der Waals surface area contributed by atoms with Crippen LogP contribution in [0.2, 0.25) is 0 Å². The van der Waals surface area contributed by atoms with Gasteiger partial charge in [-0.05, 0) is 37.5 Å². The van der Waals surface area contributed by atoms with E-state index < -0.39 is 12.2 Å². The highest BCUT2D eigenvalue weighted by Crippen LogP contribution is 2.36. The van der Waals surface area contributed by atoms with Crippen molar-refractivity contribution in [2.75, 3.05) is 13.2 Å². The van der Waals surface area contributed by atoms with Crippen molar-refractivity contribution in [3.8, 4) is 5.75 Å². The SMILES string of the molecule is CCNC(=O)c1[nH]c2ccc3c(c2c1CCCC(=O)C(F)F)CCO3. The fourth-order valence-corrected chi connectivity index (χ4v) is 3.30. The predicted octanol–water partition coefficient (Wildman–Crippen LogP) is 3.01. The molecule has 1 aliphatic heterocycles. The normalized spacial score (nSPS) is 13.1. The first-order valence-electron chi connectivity index (χ1n) is 8.41. The van der Waals surface area contributed by atoms with Gasteiger partial charge in [0, 0.05) is 35.9 Å². The number of ether oxygens (including phenoxy) is 1. The summed E-state index contributed by atoms with van der Waals surface area (Å²) in [6, 6.07) is 3.72. The Labute approximate surface area is 143 Å². The molecule has 0 radical (unpaired) electrons. The van der Waals surface area contributed by atoms with E-state index in [2.05, 4.69) is 10.3 Å². The first-order valence-corrected chi connectivity index (χ1v) is 8.41. The number of hydrogen-bond acceptors (Lipinski definition) is 3. The minimum Gasteiger partial charge on any atom is -0.493 e. The van der Waals surface area contributed by atoms with Gasteiger partial charge in [-0.15, -0.1) is 0 Å². The Morgan fingerprint density at radius 1 is 1.36 bits per heavy atom. The maximum atomic E-state index is 12.4. The van der Waals surface area contributed by atoms with Crippen molar-refractivity contribution >= 4 is 22.6 Å². The van der Waals surface area contributed by atoms with Crippen LogP contribution in [0.1, 0.15) is 41.4 Å². The van der Waals surface area contributed by atoms with Gasteiger partial charge in [0.1, 0.15) is 11.4 Å². The maximum absolute atomic E-state index is 12.4. The van der Waals surface area contributed by atoms with E-state index in [1.807, 2.05) is 19.1 Å². The van der Waals surface area contributed by atoms with Crippen molar-refractivity contribution in [1.29, 1.82) is 0 Å². The molecule has 7 heteroatoms. The van der Waals surface area contributed by atoms with Crippen molar-refractivity contribution in [2.24, 2.45) is 0 Å². The molecular formula is C18H20F2N2O3. The molecule has 1 aromatic heterocycles. The lowest BCUT2D eigenvalue weighted by atomic mass is 9.98. The minimum absolute atomic E-state index is 0.204. The van der Waals surface area contributed by atoms with Crippen LogP contribution in [0.15, 0.2) is 12.1 Å². The second-order valence-corrected chi connectivity index (χ2v) is 6.02. The van der Waals surface area contributed by atoms with Crippen molar-refractivity contribution in [3.05, 3.63) is 29.0 Å². The molecule has 1 aliphatic rings. The summed E-state index contributed by atoms with van der Waals surface area (Å²) in [6.07, 6.45) is -1.76. The first kappa shape index (κ1) is 17.4. The summed E-state index contributed by atoms with van der Waals surface area (Å²) in [5, 5.41) is 3.68. The highest BCUT2D eigenvalue weighted by atomic mass is 19.3. The molecule has 0 fully saturated rings. The molecule has 0 aliphatic carbocycles. The number of hydrogen-bond donors (Lipinski definition) is 2. The Morgan fingerprint density at radius 3 is 2.88 bits per heavy atom. The number of carbonyl (C=O) groups excluding carboxylic acids is 2. The number of alkyl halides is 2. The summed E-state index contributed by atoms with van der Waals surface area (Å²) < 4.78 is 30.4. The highest BCUT2D eigenvalue weighted by Gasteiger charge is 2.24. The maximum Gasteiger partial charge on any atom is 0.295 e. The summed E-state index contributed by atoms with van der Waals surface area (Å²) in [5.74, 6) is -0.506. The number of aromatic amines is 1. The van der Waals surface area contributed by atoms with Gasteiger partial charge in [-0.3, -0.25) is 9.59 Å². The molecule has 0 atom stereocenters.